The Morgan fingerprint density at radius 2 is 1.69 bits per heavy atom. The molecule has 0 aromatic heterocycles. The first kappa shape index (κ1) is 12.4. The van der Waals surface area contributed by atoms with Crippen LogP contribution in [0.25, 0.3) is 0 Å². The molecule has 0 aliphatic heterocycles. The van der Waals surface area contributed by atoms with Gasteiger partial charge in [-0.2, -0.15) is 0 Å². The van der Waals surface area contributed by atoms with Crippen molar-refractivity contribution in [2.75, 3.05) is 19.6 Å². The fourth-order valence-corrected chi connectivity index (χ4v) is 2.53. The van der Waals surface area contributed by atoms with Crippen LogP contribution in [0.2, 0.25) is 0 Å². The van der Waals surface area contributed by atoms with Crippen LogP contribution in [-0.2, 0) is 0 Å². The molecule has 0 radical (unpaired) electrons. The Morgan fingerprint density at radius 1 is 1.12 bits per heavy atom. The van der Waals surface area contributed by atoms with Crippen molar-refractivity contribution < 1.29 is 0 Å². The molecule has 2 heteroatoms. The van der Waals surface area contributed by atoms with Gasteiger partial charge in [-0.3, -0.25) is 4.90 Å². The third-order valence-corrected chi connectivity index (χ3v) is 4.06. The second-order valence-corrected chi connectivity index (χ2v) is 5.87. The Labute approximate surface area is 101 Å². The zero-order chi connectivity index (χ0) is 11.4. The molecule has 2 aliphatic carbocycles. The highest BCUT2D eigenvalue weighted by atomic mass is 15.2. The van der Waals surface area contributed by atoms with Gasteiger partial charge >= 0.3 is 0 Å². The van der Waals surface area contributed by atoms with E-state index < -0.39 is 0 Å². The van der Waals surface area contributed by atoms with E-state index in [2.05, 4.69) is 11.8 Å². The summed E-state index contributed by atoms with van der Waals surface area (Å²) in [5, 5.41) is 0. The van der Waals surface area contributed by atoms with E-state index in [4.69, 9.17) is 5.73 Å². The summed E-state index contributed by atoms with van der Waals surface area (Å²) >= 11 is 0. The molecule has 0 amide bonds. The molecule has 0 saturated heterocycles. The number of nitrogens with two attached hydrogens (primary N) is 1. The van der Waals surface area contributed by atoms with Gasteiger partial charge in [0.05, 0.1) is 0 Å². The zero-order valence-corrected chi connectivity index (χ0v) is 10.8. The molecule has 2 N–H and O–H groups in total. The van der Waals surface area contributed by atoms with Crippen LogP contribution < -0.4 is 5.73 Å². The summed E-state index contributed by atoms with van der Waals surface area (Å²) in [4.78, 5) is 2.73. The number of nitrogens with zero attached hydrogens (tertiary/aromatic N) is 1. The molecule has 0 spiro atoms. The molecule has 1 unspecified atom stereocenters. The third-order valence-electron chi connectivity index (χ3n) is 4.06. The zero-order valence-electron chi connectivity index (χ0n) is 10.8. The van der Waals surface area contributed by atoms with Gasteiger partial charge in [-0.25, -0.2) is 0 Å². The molecule has 2 fully saturated rings. The number of hydrogen-bond donors (Lipinski definition) is 1. The molecular weight excluding hydrogens is 196 g/mol. The largest absolute Gasteiger partial charge is 0.329 e. The Balaban J connectivity index is 1.79. The van der Waals surface area contributed by atoms with Gasteiger partial charge in [-0.05, 0) is 43.9 Å². The van der Waals surface area contributed by atoms with Crippen LogP contribution in [0.1, 0.15) is 51.9 Å². The van der Waals surface area contributed by atoms with Gasteiger partial charge in [0, 0.05) is 25.7 Å². The predicted molar refractivity (Wildman–Crippen MR) is 69.4 cm³/mol. The highest BCUT2D eigenvalue weighted by Crippen LogP contribution is 2.34. The van der Waals surface area contributed by atoms with Gasteiger partial charge in [0.25, 0.3) is 0 Å². The van der Waals surface area contributed by atoms with Crippen molar-refractivity contribution in [2.45, 2.75) is 57.9 Å². The topological polar surface area (TPSA) is 29.3 Å². The minimum atomic E-state index is 0.668. The maximum Gasteiger partial charge on any atom is 0.0218 e. The summed E-state index contributed by atoms with van der Waals surface area (Å²) in [5.41, 5.74) is 5.97. The molecule has 2 nitrogen and oxygen atoms in total. The van der Waals surface area contributed by atoms with E-state index in [1.165, 1.54) is 58.0 Å². The molecular formula is C14H28N2. The summed E-state index contributed by atoms with van der Waals surface area (Å²) < 4.78 is 0. The van der Waals surface area contributed by atoms with Gasteiger partial charge in [0.2, 0.25) is 0 Å². The van der Waals surface area contributed by atoms with Crippen LogP contribution in [0.15, 0.2) is 0 Å². The molecule has 0 heterocycles. The van der Waals surface area contributed by atoms with Crippen molar-refractivity contribution >= 4 is 0 Å². The van der Waals surface area contributed by atoms with Crippen LogP contribution in [0.5, 0.6) is 0 Å². The first-order chi connectivity index (χ1) is 7.83. The van der Waals surface area contributed by atoms with Crippen LogP contribution in [0.3, 0.4) is 0 Å². The number of hydrogen-bond acceptors (Lipinski definition) is 2. The van der Waals surface area contributed by atoms with E-state index in [0.717, 1.165) is 18.4 Å². The lowest BCUT2D eigenvalue weighted by atomic mass is 10.1. The van der Waals surface area contributed by atoms with Crippen molar-refractivity contribution in [3.8, 4) is 0 Å². The SMILES string of the molecule is CCCCC(CN)N(CC1CC1)CC1CC1. The van der Waals surface area contributed by atoms with Crippen LogP contribution in [0.4, 0.5) is 0 Å². The Hall–Kier alpha value is -0.0800. The number of unbranched alkanes of at least 4 members (excludes halogenated alkanes) is 1. The summed E-state index contributed by atoms with van der Waals surface area (Å²) in [7, 11) is 0. The molecule has 2 aliphatic rings. The molecule has 1 atom stereocenters. The summed E-state index contributed by atoms with van der Waals surface area (Å²) in [6, 6.07) is 0.668. The summed E-state index contributed by atoms with van der Waals surface area (Å²) in [6.45, 7) is 5.81. The molecule has 0 aromatic rings. The summed E-state index contributed by atoms with van der Waals surface area (Å²) in [5.74, 6) is 2.02. The van der Waals surface area contributed by atoms with E-state index in [0.29, 0.717) is 6.04 Å². The average molecular weight is 224 g/mol. The van der Waals surface area contributed by atoms with Gasteiger partial charge in [0.1, 0.15) is 0 Å². The lowest BCUT2D eigenvalue weighted by Crippen LogP contribution is -2.43. The van der Waals surface area contributed by atoms with Crippen molar-refractivity contribution in [1.29, 1.82) is 0 Å². The van der Waals surface area contributed by atoms with E-state index in [-0.39, 0.29) is 0 Å². The van der Waals surface area contributed by atoms with Crippen LogP contribution in [0, 0.1) is 11.8 Å². The molecule has 2 saturated carbocycles. The van der Waals surface area contributed by atoms with Gasteiger partial charge < -0.3 is 5.73 Å². The van der Waals surface area contributed by atoms with E-state index in [9.17, 15) is 0 Å². The second kappa shape index (κ2) is 6.02. The highest BCUT2D eigenvalue weighted by Gasteiger charge is 2.31. The summed E-state index contributed by atoms with van der Waals surface area (Å²) in [6.07, 6.45) is 9.81. The van der Waals surface area contributed by atoms with E-state index in [1.54, 1.807) is 0 Å². The first-order valence-corrected chi connectivity index (χ1v) is 7.27. The van der Waals surface area contributed by atoms with Gasteiger partial charge in [-0.15, -0.1) is 0 Å². The van der Waals surface area contributed by atoms with Crippen molar-refractivity contribution in [2.24, 2.45) is 17.6 Å². The van der Waals surface area contributed by atoms with Crippen molar-refractivity contribution in [3.05, 3.63) is 0 Å². The Kier molecular flexibility index (Phi) is 4.66. The third kappa shape index (κ3) is 4.06. The normalized spacial score (nSPS) is 22.7. The lowest BCUT2D eigenvalue weighted by molar-refractivity contribution is 0.173. The molecule has 94 valence electrons. The predicted octanol–water partition coefficient (Wildman–Crippen LogP) is 2.63. The average Bonchev–Trinajstić information content (AvgIpc) is 3.13. The fourth-order valence-electron chi connectivity index (χ4n) is 2.53. The van der Waals surface area contributed by atoms with Gasteiger partial charge in [-0.1, -0.05) is 19.8 Å². The second-order valence-electron chi connectivity index (χ2n) is 5.87. The highest BCUT2D eigenvalue weighted by molar-refractivity contribution is 4.86. The first-order valence-electron chi connectivity index (χ1n) is 7.27. The van der Waals surface area contributed by atoms with E-state index >= 15 is 0 Å². The van der Waals surface area contributed by atoms with Crippen LogP contribution in [-0.4, -0.2) is 30.6 Å². The maximum atomic E-state index is 5.97. The monoisotopic (exact) mass is 224 g/mol. The Bertz CT molecular complexity index is 183. The maximum absolute atomic E-state index is 5.97. The molecule has 0 bridgehead atoms. The van der Waals surface area contributed by atoms with Crippen molar-refractivity contribution in [3.63, 3.8) is 0 Å². The minimum absolute atomic E-state index is 0.668. The quantitative estimate of drug-likeness (QED) is 0.652. The number of rotatable bonds is 9. The fraction of sp³-hybridized carbons (Fsp3) is 1.00. The lowest BCUT2D eigenvalue weighted by Gasteiger charge is -2.31. The minimum Gasteiger partial charge on any atom is -0.329 e. The smallest absolute Gasteiger partial charge is 0.0218 e. The Morgan fingerprint density at radius 3 is 2.06 bits per heavy atom. The van der Waals surface area contributed by atoms with Gasteiger partial charge in [0.15, 0.2) is 0 Å². The van der Waals surface area contributed by atoms with Crippen molar-refractivity contribution in [1.82, 2.24) is 4.90 Å². The van der Waals surface area contributed by atoms with E-state index in [1.807, 2.05) is 0 Å². The molecule has 2 rings (SSSR count). The van der Waals surface area contributed by atoms with Crippen LogP contribution >= 0.6 is 0 Å². The molecule has 16 heavy (non-hydrogen) atoms. The molecule has 0 aromatic carbocycles. The standard InChI is InChI=1S/C14H28N2/c1-2-3-4-14(9-15)16(10-12-5-6-12)11-13-7-8-13/h12-14H,2-11,15H2,1H3.